The number of amides is 1. The topological polar surface area (TPSA) is 46.3 Å². The van der Waals surface area contributed by atoms with Crippen LogP contribution in [0.5, 0.6) is 0 Å². The van der Waals surface area contributed by atoms with Crippen molar-refractivity contribution >= 4 is 11.6 Å². The fourth-order valence-corrected chi connectivity index (χ4v) is 3.02. The number of nitrogens with zero attached hydrogens (tertiary/aromatic N) is 1. The van der Waals surface area contributed by atoms with Gasteiger partial charge in [-0.1, -0.05) is 42.5 Å². The molecule has 120 valence electrons. The van der Waals surface area contributed by atoms with Crippen LogP contribution in [0.1, 0.15) is 36.1 Å². The SMILES string of the molecule is C[C@@H](c1ccccc1)N1C(=O)[C@H](N)Cc2ccc(C(F)F)cc21. The summed E-state index contributed by atoms with van der Waals surface area (Å²) in [7, 11) is 0. The van der Waals surface area contributed by atoms with Gasteiger partial charge in [0, 0.05) is 11.3 Å². The number of fused-ring (bicyclic) bond motifs is 1. The molecule has 3 rings (SSSR count). The first-order valence-electron chi connectivity index (χ1n) is 7.53. The fraction of sp³-hybridized carbons (Fsp3) is 0.278. The number of nitrogens with two attached hydrogens (primary N) is 1. The first-order chi connectivity index (χ1) is 11.0. The highest BCUT2D eigenvalue weighted by Gasteiger charge is 2.34. The van der Waals surface area contributed by atoms with Crippen LogP contribution in [0.25, 0.3) is 0 Å². The maximum atomic E-state index is 13.0. The molecule has 5 heteroatoms. The van der Waals surface area contributed by atoms with Crippen LogP contribution in [0.3, 0.4) is 0 Å². The van der Waals surface area contributed by atoms with Crippen LogP contribution in [-0.4, -0.2) is 11.9 Å². The van der Waals surface area contributed by atoms with Gasteiger partial charge in [0.15, 0.2) is 0 Å². The Hall–Kier alpha value is -2.27. The number of hydrogen-bond donors (Lipinski definition) is 1. The number of rotatable bonds is 3. The average Bonchev–Trinajstić information content (AvgIpc) is 2.56. The van der Waals surface area contributed by atoms with Gasteiger partial charge in [-0.3, -0.25) is 4.79 Å². The minimum Gasteiger partial charge on any atom is -0.320 e. The molecule has 0 bridgehead atoms. The Balaban J connectivity index is 2.08. The Morgan fingerprint density at radius 3 is 2.48 bits per heavy atom. The molecule has 0 spiro atoms. The van der Waals surface area contributed by atoms with Crippen molar-refractivity contribution in [1.82, 2.24) is 0 Å². The lowest BCUT2D eigenvalue weighted by Crippen LogP contribution is -2.49. The van der Waals surface area contributed by atoms with Crippen molar-refractivity contribution in [3.05, 3.63) is 65.2 Å². The second-order valence-electron chi connectivity index (χ2n) is 5.79. The molecule has 2 aromatic rings. The van der Waals surface area contributed by atoms with Gasteiger partial charge in [-0.25, -0.2) is 8.78 Å². The molecule has 1 aliphatic rings. The summed E-state index contributed by atoms with van der Waals surface area (Å²) < 4.78 is 26.1. The number of halogens is 2. The van der Waals surface area contributed by atoms with Crippen LogP contribution >= 0.6 is 0 Å². The predicted octanol–water partition coefficient (Wildman–Crippen LogP) is 3.60. The van der Waals surface area contributed by atoms with Gasteiger partial charge < -0.3 is 10.6 Å². The van der Waals surface area contributed by atoms with Crippen molar-refractivity contribution in [1.29, 1.82) is 0 Å². The number of hydrogen-bond acceptors (Lipinski definition) is 2. The predicted molar refractivity (Wildman–Crippen MR) is 85.4 cm³/mol. The maximum Gasteiger partial charge on any atom is 0.263 e. The van der Waals surface area contributed by atoms with Crippen LogP contribution in [0, 0.1) is 0 Å². The third-order valence-electron chi connectivity index (χ3n) is 4.28. The summed E-state index contributed by atoms with van der Waals surface area (Å²) in [4.78, 5) is 14.1. The molecule has 1 aliphatic heterocycles. The number of carbonyl (C=O) groups excluding carboxylic acids is 1. The summed E-state index contributed by atoms with van der Waals surface area (Å²) in [6.07, 6.45) is -2.20. The van der Waals surface area contributed by atoms with E-state index in [1.54, 1.807) is 11.0 Å². The van der Waals surface area contributed by atoms with Crippen LogP contribution in [0.2, 0.25) is 0 Å². The minimum atomic E-state index is -2.57. The summed E-state index contributed by atoms with van der Waals surface area (Å²) >= 11 is 0. The zero-order valence-electron chi connectivity index (χ0n) is 12.7. The van der Waals surface area contributed by atoms with Crippen LogP contribution in [0.15, 0.2) is 48.5 Å². The van der Waals surface area contributed by atoms with Crippen molar-refractivity contribution in [2.45, 2.75) is 31.9 Å². The summed E-state index contributed by atoms with van der Waals surface area (Å²) in [6.45, 7) is 1.88. The van der Waals surface area contributed by atoms with Gasteiger partial charge in [0.25, 0.3) is 6.43 Å². The van der Waals surface area contributed by atoms with Gasteiger partial charge >= 0.3 is 0 Å². The lowest BCUT2D eigenvalue weighted by Gasteiger charge is -2.37. The molecular weight excluding hydrogens is 298 g/mol. The molecular formula is C18H18F2N2O. The summed E-state index contributed by atoms with van der Waals surface area (Å²) in [5.74, 6) is -0.236. The van der Waals surface area contributed by atoms with E-state index >= 15 is 0 Å². The van der Waals surface area contributed by atoms with Crippen LogP contribution < -0.4 is 10.6 Å². The smallest absolute Gasteiger partial charge is 0.263 e. The first-order valence-corrected chi connectivity index (χ1v) is 7.53. The minimum absolute atomic E-state index is 0.0858. The molecule has 2 atom stereocenters. The van der Waals surface area contributed by atoms with E-state index in [1.165, 1.54) is 12.1 Å². The molecule has 0 fully saturated rings. The lowest BCUT2D eigenvalue weighted by molar-refractivity contribution is -0.120. The number of carbonyl (C=O) groups is 1. The highest BCUT2D eigenvalue weighted by Crippen LogP contribution is 2.36. The van der Waals surface area contributed by atoms with Crippen LogP contribution in [0.4, 0.5) is 14.5 Å². The Morgan fingerprint density at radius 2 is 1.83 bits per heavy atom. The summed E-state index contributed by atoms with van der Waals surface area (Å²) in [5.41, 5.74) is 8.16. The van der Waals surface area contributed by atoms with E-state index in [2.05, 4.69) is 0 Å². The lowest BCUT2D eigenvalue weighted by atomic mass is 9.93. The second kappa shape index (κ2) is 6.08. The highest BCUT2D eigenvalue weighted by molar-refractivity contribution is 6.00. The highest BCUT2D eigenvalue weighted by atomic mass is 19.3. The average molecular weight is 316 g/mol. The normalized spacial score (nSPS) is 18.9. The van der Waals surface area contributed by atoms with E-state index in [1.807, 2.05) is 37.3 Å². The molecule has 0 aliphatic carbocycles. The zero-order chi connectivity index (χ0) is 16.6. The Morgan fingerprint density at radius 1 is 1.13 bits per heavy atom. The molecule has 0 radical (unpaired) electrons. The van der Waals surface area contributed by atoms with Crippen LogP contribution in [-0.2, 0) is 11.2 Å². The molecule has 0 saturated carbocycles. The third kappa shape index (κ3) is 2.84. The van der Waals surface area contributed by atoms with Gasteiger partial charge in [0.2, 0.25) is 5.91 Å². The molecule has 3 nitrogen and oxygen atoms in total. The van der Waals surface area contributed by atoms with E-state index < -0.39 is 12.5 Å². The Labute approximate surface area is 133 Å². The second-order valence-corrected chi connectivity index (χ2v) is 5.79. The van der Waals surface area contributed by atoms with Crippen molar-refractivity contribution in [3.63, 3.8) is 0 Å². The molecule has 2 N–H and O–H groups in total. The van der Waals surface area contributed by atoms with Crippen molar-refractivity contribution < 1.29 is 13.6 Å². The molecule has 23 heavy (non-hydrogen) atoms. The molecule has 0 aromatic heterocycles. The first kappa shape index (κ1) is 15.6. The van der Waals surface area contributed by atoms with E-state index in [0.29, 0.717) is 12.1 Å². The van der Waals surface area contributed by atoms with E-state index in [0.717, 1.165) is 11.1 Å². The standard InChI is InChI=1S/C18H18F2N2O/c1-11(12-5-3-2-4-6-12)22-16-10-14(17(19)20)8-7-13(16)9-15(21)18(22)23/h2-8,10-11,15,17H,9,21H2,1H3/t11-,15+/m0/s1. The van der Waals surface area contributed by atoms with Gasteiger partial charge in [-0.2, -0.15) is 0 Å². The number of benzene rings is 2. The maximum absolute atomic E-state index is 13.0. The number of alkyl halides is 2. The van der Waals surface area contributed by atoms with Gasteiger partial charge in [0.1, 0.15) is 0 Å². The molecule has 2 aromatic carbocycles. The Bertz CT molecular complexity index is 718. The number of anilines is 1. The molecule has 0 saturated heterocycles. The molecule has 0 unspecified atom stereocenters. The van der Waals surface area contributed by atoms with Gasteiger partial charge in [-0.05, 0) is 30.5 Å². The van der Waals surface area contributed by atoms with Crippen molar-refractivity contribution in [2.24, 2.45) is 5.73 Å². The van der Waals surface area contributed by atoms with Gasteiger partial charge in [0.05, 0.1) is 12.1 Å². The molecule has 1 heterocycles. The summed E-state index contributed by atoms with van der Waals surface area (Å²) in [5, 5.41) is 0. The fourth-order valence-electron chi connectivity index (χ4n) is 3.02. The van der Waals surface area contributed by atoms with E-state index in [4.69, 9.17) is 5.73 Å². The van der Waals surface area contributed by atoms with Gasteiger partial charge in [-0.15, -0.1) is 0 Å². The summed E-state index contributed by atoms with van der Waals surface area (Å²) in [6, 6.07) is 13.0. The van der Waals surface area contributed by atoms with Crippen molar-refractivity contribution in [3.8, 4) is 0 Å². The molecule has 1 amide bonds. The van der Waals surface area contributed by atoms with E-state index in [9.17, 15) is 13.6 Å². The van der Waals surface area contributed by atoms with Crippen molar-refractivity contribution in [2.75, 3.05) is 4.90 Å². The third-order valence-corrected chi connectivity index (χ3v) is 4.28. The quantitative estimate of drug-likeness (QED) is 0.940. The largest absolute Gasteiger partial charge is 0.320 e. The van der Waals surface area contributed by atoms with E-state index in [-0.39, 0.29) is 17.5 Å². The zero-order valence-corrected chi connectivity index (χ0v) is 12.7. The Kier molecular flexibility index (Phi) is 4.13. The monoisotopic (exact) mass is 316 g/mol.